The van der Waals surface area contributed by atoms with Gasteiger partial charge in [0.05, 0.1) is 18.6 Å². The number of sulfonamides is 1. The normalized spacial score (nSPS) is 11.2. The van der Waals surface area contributed by atoms with Gasteiger partial charge in [-0.25, -0.2) is 13.1 Å². The summed E-state index contributed by atoms with van der Waals surface area (Å²) in [5.41, 5.74) is 0. The number of unbranched alkanes of at least 4 members (excludes halogenated alkanes) is 2. The molecule has 1 N–H and O–H groups in total. The molecule has 0 aliphatic heterocycles. The zero-order valence-electron chi connectivity index (χ0n) is 13.0. The van der Waals surface area contributed by atoms with Gasteiger partial charge in [-0.15, -0.1) is 0 Å². The number of carbonyl (C=O) groups is 1. The van der Waals surface area contributed by atoms with E-state index in [0.29, 0.717) is 38.2 Å². The molecule has 0 unspecified atom stereocenters. The van der Waals surface area contributed by atoms with Crippen molar-refractivity contribution in [2.75, 3.05) is 20.3 Å². The van der Waals surface area contributed by atoms with Crippen molar-refractivity contribution in [1.82, 2.24) is 4.72 Å². The van der Waals surface area contributed by atoms with E-state index in [2.05, 4.69) is 9.46 Å². The Morgan fingerprint density at radius 1 is 1.14 bits per heavy atom. The molecule has 0 spiro atoms. The van der Waals surface area contributed by atoms with Gasteiger partial charge in [-0.05, 0) is 44.0 Å². The van der Waals surface area contributed by atoms with Gasteiger partial charge in [-0.2, -0.15) is 0 Å². The molecule has 0 aliphatic carbocycles. The molecular weight excluding hydrogens is 306 g/mol. The monoisotopic (exact) mass is 329 g/mol. The van der Waals surface area contributed by atoms with Crippen LogP contribution in [0.25, 0.3) is 0 Å². The van der Waals surface area contributed by atoms with E-state index in [9.17, 15) is 13.2 Å². The molecule has 1 rings (SSSR count). The maximum Gasteiger partial charge on any atom is 0.305 e. The Bertz CT molecular complexity index is 554. The zero-order chi connectivity index (χ0) is 16.4. The number of benzene rings is 1. The highest BCUT2D eigenvalue weighted by Crippen LogP contribution is 2.15. The summed E-state index contributed by atoms with van der Waals surface area (Å²) in [6.45, 7) is 2.75. The quantitative estimate of drug-likeness (QED) is 0.525. The van der Waals surface area contributed by atoms with Crippen molar-refractivity contribution in [3.05, 3.63) is 24.3 Å². The van der Waals surface area contributed by atoms with Crippen LogP contribution in [-0.2, 0) is 19.6 Å². The highest BCUT2D eigenvalue weighted by atomic mass is 32.2. The molecular formula is C15H23NO5S. The van der Waals surface area contributed by atoms with E-state index in [1.165, 1.54) is 19.2 Å². The third-order valence-corrected chi connectivity index (χ3v) is 4.50. The number of methoxy groups -OCH3 is 1. The van der Waals surface area contributed by atoms with E-state index in [-0.39, 0.29) is 10.9 Å². The second-order valence-electron chi connectivity index (χ2n) is 4.69. The van der Waals surface area contributed by atoms with Gasteiger partial charge in [0.15, 0.2) is 0 Å². The first-order chi connectivity index (χ1) is 10.5. The molecule has 1 aromatic rings. The number of hydrogen-bond acceptors (Lipinski definition) is 5. The fraction of sp³-hybridized carbons (Fsp3) is 0.533. The summed E-state index contributed by atoms with van der Waals surface area (Å²) >= 11 is 0. The fourth-order valence-electron chi connectivity index (χ4n) is 1.84. The lowest BCUT2D eigenvalue weighted by atomic mass is 10.2. The van der Waals surface area contributed by atoms with Crippen LogP contribution in [0.15, 0.2) is 29.2 Å². The van der Waals surface area contributed by atoms with Crippen LogP contribution in [-0.4, -0.2) is 34.6 Å². The van der Waals surface area contributed by atoms with Crippen LogP contribution in [0.4, 0.5) is 0 Å². The standard InChI is InChI=1S/C15H23NO5S/c1-3-21-13-8-10-14(11-9-13)22(18,19)16-12-6-4-5-7-15(17)20-2/h8-11,16H,3-7,12H2,1-2H3. The minimum Gasteiger partial charge on any atom is -0.494 e. The van der Waals surface area contributed by atoms with Gasteiger partial charge < -0.3 is 9.47 Å². The van der Waals surface area contributed by atoms with Gasteiger partial charge in [-0.1, -0.05) is 6.42 Å². The summed E-state index contributed by atoms with van der Waals surface area (Å²) < 4.78 is 36.5. The van der Waals surface area contributed by atoms with Crippen molar-refractivity contribution >= 4 is 16.0 Å². The Morgan fingerprint density at radius 3 is 2.41 bits per heavy atom. The Hall–Kier alpha value is -1.60. The van der Waals surface area contributed by atoms with E-state index in [1.807, 2.05) is 6.92 Å². The largest absolute Gasteiger partial charge is 0.494 e. The minimum absolute atomic E-state index is 0.213. The molecule has 0 atom stereocenters. The van der Waals surface area contributed by atoms with E-state index < -0.39 is 10.0 Å². The van der Waals surface area contributed by atoms with Crippen LogP contribution in [0.1, 0.15) is 32.6 Å². The van der Waals surface area contributed by atoms with E-state index in [4.69, 9.17) is 4.74 Å². The van der Waals surface area contributed by atoms with Crippen LogP contribution in [0.5, 0.6) is 5.75 Å². The average molecular weight is 329 g/mol. The fourth-order valence-corrected chi connectivity index (χ4v) is 2.92. The predicted octanol–water partition coefficient (Wildman–Crippen LogP) is 2.10. The van der Waals surface area contributed by atoms with Crippen molar-refractivity contribution in [2.24, 2.45) is 0 Å². The number of esters is 1. The zero-order valence-corrected chi connectivity index (χ0v) is 13.8. The van der Waals surface area contributed by atoms with Gasteiger partial charge in [-0.3, -0.25) is 4.79 Å². The lowest BCUT2D eigenvalue weighted by Crippen LogP contribution is -2.24. The predicted molar refractivity (Wildman–Crippen MR) is 83.3 cm³/mol. The molecule has 0 saturated carbocycles. The summed E-state index contributed by atoms with van der Waals surface area (Å²) in [6.07, 6.45) is 2.49. The number of rotatable bonds is 10. The van der Waals surface area contributed by atoms with Crippen LogP contribution in [0.2, 0.25) is 0 Å². The SMILES string of the molecule is CCOc1ccc(S(=O)(=O)NCCCCCC(=O)OC)cc1. The van der Waals surface area contributed by atoms with Crippen LogP contribution < -0.4 is 9.46 Å². The molecule has 0 fully saturated rings. The third-order valence-electron chi connectivity index (χ3n) is 3.02. The first-order valence-corrected chi connectivity index (χ1v) is 8.77. The number of carbonyl (C=O) groups excluding carboxylic acids is 1. The Balaban J connectivity index is 2.36. The van der Waals surface area contributed by atoms with Gasteiger partial charge in [0.2, 0.25) is 10.0 Å². The van der Waals surface area contributed by atoms with E-state index in [0.717, 1.165) is 6.42 Å². The molecule has 0 aromatic heterocycles. The smallest absolute Gasteiger partial charge is 0.305 e. The van der Waals surface area contributed by atoms with Crippen molar-refractivity contribution in [2.45, 2.75) is 37.5 Å². The maximum atomic E-state index is 12.1. The molecule has 0 heterocycles. The Morgan fingerprint density at radius 2 is 1.82 bits per heavy atom. The number of hydrogen-bond donors (Lipinski definition) is 1. The molecule has 1 aromatic carbocycles. The van der Waals surface area contributed by atoms with E-state index >= 15 is 0 Å². The Kier molecular flexibility index (Phi) is 7.90. The van der Waals surface area contributed by atoms with Crippen molar-refractivity contribution < 1.29 is 22.7 Å². The topological polar surface area (TPSA) is 81.7 Å². The molecule has 0 amide bonds. The van der Waals surface area contributed by atoms with Crippen molar-refractivity contribution in [1.29, 1.82) is 0 Å². The van der Waals surface area contributed by atoms with Gasteiger partial charge in [0.1, 0.15) is 5.75 Å². The minimum atomic E-state index is -3.50. The highest BCUT2D eigenvalue weighted by molar-refractivity contribution is 7.89. The van der Waals surface area contributed by atoms with Crippen LogP contribution in [0, 0.1) is 0 Å². The first-order valence-electron chi connectivity index (χ1n) is 7.29. The van der Waals surface area contributed by atoms with Crippen molar-refractivity contribution in [3.8, 4) is 5.75 Å². The summed E-state index contributed by atoms with van der Waals surface area (Å²) in [5, 5.41) is 0. The summed E-state index contributed by atoms with van der Waals surface area (Å²) in [7, 11) is -2.14. The molecule has 0 bridgehead atoms. The lowest BCUT2D eigenvalue weighted by molar-refractivity contribution is -0.140. The average Bonchev–Trinajstić information content (AvgIpc) is 2.51. The lowest BCUT2D eigenvalue weighted by Gasteiger charge is -2.08. The third kappa shape index (κ3) is 6.44. The van der Waals surface area contributed by atoms with Gasteiger partial charge in [0.25, 0.3) is 0 Å². The maximum absolute atomic E-state index is 12.1. The van der Waals surface area contributed by atoms with Crippen LogP contribution in [0.3, 0.4) is 0 Å². The first kappa shape index (κ1) is 18.4. The van der Waals surface area contributed by atoms with E-state index in [1.54, 1.807) is 12.1 Å². The highest BCUT2D eigenvalue weighted by Gasteiger charge is 2.13. The Labute approximate surface area is 131 Å². The molecule has 7 heteroatoms. The number of nitrogens with one attached hydrogen (secondary N) is 1. The van der Waals surface area contributed by atoms with Crippen molar-refractivity contribution in [3.63, 3.8) is 0 Å². The van der Waals surface area contributed by atoms with Crippen LogP contribution >= 0.6 is 0 Å². The van der Waals surface area contributed by atoms with Gasteiger partial charge >= 0.3 is 5.97 Å². The van der Waals surface area contributed by atoms with Gasteiger partial charge in [0, 0.05) is 13.0 Å². The summed E-state index contributed by atoms with van der Waals surface area (Å²) in [4.78, 5) is 11.1. The molecule has 124 valence electrons. The second kappa shape index (κ2) is 9.42. The molecule has 0 saturated heterocycles. The summed E-state index contributed by atoms with van der Waals surface area (Å²) in [5.74, 6) is 0.402. The molecule has 22 heavy (non-hydrogen) atoms. The molecule has 0 aliphatic rings. The summed E-state index contributed by atoms with van der Waals surface area (Å²) in [6, 6.07) is 6.30. The molecule has 0 radical (unpaired) electrons. The second-order valence-corrected chi connectivity index (χ2v) is 6.46. The number of ether oxygens (including phenoxy) is 2. The molecule has 6 nitrogen and oxygen atoms in total.